The summed E-state index contributed by atoms with van der Waals surface area (Å²) in [6.45, 7) is 15.1. The van der Waals surface area contributed by atoms with E-state index in [0.717, 1.165) is 11.1 Å². The number of carbonyl (C=O) groups excluding carboxylic acids is 4. The molecule has 2 heterocycles. The summed E-state index contributed by atoms with van der Waals surface area (Å²) in [4.78, 5) is 48.9. The van der Waals surface area contributed by atoms with Crippen molar-refractivity contribution in [1.82, 2.24) is 15.1 Å². The average molecular weight is 737 g/mol. The molecule has 2 fully saturated rings. The van der Waals surface area contributed by atoms with Gasteiger partial charge >= 0.3 is 23.7 Å². The Bertz CT molecular complexity index is 1340. The maximum Gasteiger partial charge on any atom is 0.410 e. The minimum absolute atomic E-state index is 0.0636. The molecule has 2 atom stereocenters. The first kappa shape index (κ1) is 43.1. The quantitative estimate of drug-likeness (QED) is 0.265. The van der Waals surface area contributed by atoms with E-state index < -0.39 is 22.7 Å². The summed E-state index contributed by atoms with van der Waals surface area (Å²) in [5.74, 6) is 0. The van der Waals surface area contributed by atoms with Crippen LogP contribution in [0.2, 0.25) is 0 Å². The molecule has 15 heteroatoms. The number of alkyl carbamates (subject to hydrolysis) is 1. The molecule has 2 aromatic rings. The second-order valence-electron chi connectivity index (χ2n) is 13.5. The van der Waals surface area contributed by atoms with Gasteiger partial charge in [-0.2, -0.15) is 0 Å². The van der Waals surface area contributed by atoms with Crippen LogP contribution in [-0.2, 0) is 41.6 Å². The second-order valence-corrected chi connectivity index (χ2v) is 13.8. The molecule has 14 nitrogen and oxygen atoms in total. The van der Waals surface area contributed by atoms with Gasteiger partial charge in [0.1, 0.15) is 24.4 Å². The molecule has 51 heavy (non-hydrogen) atoms. The Labute approximate surface area is 305 Å². The minimum Gasteiger partial charge on any atom is -0.449 e. The Morgan fingerprint density at radius 3 is 1.61 bits per heavy atom. The summed E-state index contributed by atoms with van der Waals surface area (Å²) < 4.78 is 31.3. The molecular weight excluding hydrogens is 684 g/mol. The molecule has 0 aliphatic carbocycles. The van der Waals surface area contributed by atoms with Crippen LogP contribution >= 0.6 is 11.6 Å². The molecule has 2 saturated heterocycles. The van der Waals surface area contributed by atoms with E-state index in [-0.39, 0.29) is 44.2 Å². The first-order valence-electron chi connectivity index (χ1n) is 16.7. The van der Waals surface area contributed by atoms with Crippen molar-refractivity contribution in [2.45, 2.75) is 78.2 Å². The minimum atomic E-state index is -0.770. The van der Waals surface area contributed by atoms with Gasteiger partial charge in [0.05, 0.1) is 38.5 Å². The van der Waals surface area contributed by atoms with Gasteiger partial charge in [-0.15, -0.1) is 0 Å². The topological polar surface area (TPSA) is 168 Å². The molecule has 0 spiro atoms. The van der Waals surface area contributed by atoms with Crippen LogP contribution in [0, 0.1) is 0 Å². The third kappa shape index (κ3) is 19.8. The van der Waals surface area contributed by atoms with Crippen LogP contribution in [0.1, 0.15) is 52.7 Å². The third-order valence-corrected chi connectivity index (χ3v) is 6.83. The van der Waals surface area contributed by atoms with Gasteiger partial charge in [0.2, 0.25) is 0 Å². The van der Waals surface area contributed by atoms with Gasteiger partial charge in [-0.25, -0.2) is 19.2 Å². The van der Waals surface area contributed by atoms with E-state index in [1.165, 1.54) is 0 Å². The summed E-state index contributed by atoms with van der Waals surface area (Å²) in [5, 5.41) is 2.67. The van der Waals surface area contributed by atoms with Crippen LogP contribution in [-0.4, -0.2) is 109 Å². The highest BCUT2D eigenvalue weighted by atomic mass is 35.5. The SMILES string of the molecule is CC(C)(C)OC(=O)N1CCOC(CN)C1.CC(C)(C)OC(=O)N1CCOC(CNC(=O)OCc2ccccc2)C1.O=C(Cl)OCc1ccccc1. The highest BCUT2D eigenvalue weighted by Gasteiger charge is 2.29. The summed E-state index contributed by atoms with van der Waals surface area (Å²) in [6.07, 6.45) is -1.52. The van der Waals surface area contributed by atoms with E-state index in [4.69, 9.17) is 41.0 Å². The first-order chi connectivity index (χ1) is 24.0. The highest BCUT2D eigenvalue weighted by Crippen LogP contribution is 2.14. The maximum atomic E-state index is 12.1. The van der Waals surface area contributed by atoms with Crippen molar-refractivity contribution in [3.63, 3.8) is 0 Å². The van der Waals surface area contributed by atoms with Crippen molar-refractivity contribution in [2.75, 3.05) is 52.5 Å². The lowest BCUT2D eigenvalue weighted by Gasteiger charge is -2.34. The summed E-state index contributed by atoms with van der Waals surface area (Å²) in [7, 11) is 0. The van der Waals surface area contributed by atoms with Crippen molar-refractivity contribution >= 4 is 35.3 Å². The zero-order valence-electron chi connectivity index (χ0n) is 30.4. The first-order valence-corrected chi connectivity index (χ1v) is 17.1. The van der Waals surface area contributed by atoms with Gasteiger partial charge in [0.25, 0.3) is 0 Å². The number of nitrogens with zero attached hydrogens (tertiary/aromatic N) is 2. The summed E-state index contributed by atoms with van der Waals surface area (Å²) in [5.41, 5.74) is 5.58. The molecule has 2 unspecified atom stereocenters. The molecule has 0 bridgehead atoms. The van der Waals surface area contributed by atoms with Crippen molar-refractivity contribution < 1.29 is 47.6 Å². The molecule has 0 aromatic heterocycles. The number of rotatable bonds is 7. The van der Waals surface area contributed by atoms with E-state index in [2.05, 4.69) is 10.1 Å². The van der Waals surface area contributed by atoms with Crippen molar-refractivity contribution in [2.24, 2.45) is 5.73 Å². The molecule has 284 valence electrons. The lowest BCUT2D eigenvalue weighted by atomic mass is 10.2. The van der Waals surface area contributed by atoms with Crippen molar-refractivity contribution in [3.05, 3.63) is 71.8 Å². The van der Waals surface area contributed by atoms with E-state index >= 15 is 0 Å². The molecule has 0 saturated carbocycles. The number of amides is 3. The molecule has 3 amide bonds. The van der Waals surface area contributed by atoms with E-state index in [1.54, 1.807) is 9.80 Å². The normalized spacial score (nSPS) is 17.3. The van der Waals surface area contributed by atoms with Gasteiger partial charge in [-0.05, 0) is 52.7 Å². The fraction of sp³-hybridized carbons (Fsp3) is 0.556. The Balaban J connectivity index is 0.000000293. The largest absolute Gasteiger partial charge is 0.449 e. The van der Waals surface area contributed by atoms with Crippen LogP contribution < -0.4 is 11.1 Å². The predicted octanol–water partition coefficient (Wildman–Crippen LogP) is 5.69. The average Bonchev–Trinajstić information content (AvgIpc) is 3.09. The van der Waals surface area contributed by atoms with Crippen molar-refractivity contribution in [3.8, 4) is 0 Å². The zero-order chi connectivity index (χ0) is 37.9. The van der Waals surface area contributed by atoms with Gasteiger partial charge in [0.15, 0.2) is 0 Å². The number of carbonyl (C=O) groups is 4. The van der Waals surface area contributed by atoms with Crippen LogP contribution in [0.15, 0.2) is 60.7 Å². The molecule has 2 aliphatic rings. The number of hydrogen-bond acceptors (Lipinski definition) is 11. The van der Waals surface area contributed by atoms with Gasteiger partial charge < -0.3 is 49.3 Å². The van der Waals surface area contributed by atoms with Gasteiger partial charge in [-0.3, -0.25) is 0 Å². The molecule has 2 aliphatic heterocycles. The van der Waals surface area contributed by atoms with Crippen molar-refractivity contribution in [1.29, 1.82) is 0 Å². The monoisotopic (exact) mass is 736 g/mol. The lowest BCUT2D eigenvalue weighted by Crippen LogP contribution is -2.50. The summed E-state index contributed by atoms with van der Waals surface area (Å²) in [6, 6.07) is 18.8. The smallest absolute Gasteiger partial charge is 0.410 e. The summed E-state index contributed by atoms with van der Waals surface area (Å²) >= 11 is 4.97. The number of benzene rings is 2. The number of halogens is 1. The highest BCUT2D eigenvalue weighted by molar-refractivity contribution is 6.61. The lowest BCUT2D eigenvalue weighted by molar-refractivity contribution is -0.0408. The number of nitrogens with two attached hydrogens (primary N) is 1. The Morgan fingerprint density at radius 2 is 1.18 bits per heavy atom. The molecule has 0 radical (unpaired) electrons. The molecule has 4 rings (SSSR count). The fourth-order valence-electron chi connectivity index (χ4n) is 4.38. The number of nitrogens with one attached hydrogen (secondary N) is 1. The number of morpholine rings is 2. The van der Waals surface area contributed by atoms with Crippen LogP contribution in [0.3, 0.4) is 0 Å². The Morgan fingerprint density at radius 1 is 0.745 bits per heavy atom. The van der Waals surface area contributed by atoms with E-state index in [0.29, 0.717) is 45.9 Å². The Kier molecular flexibility index (Phi) is 18.5. The Hall–Kier alpha value is -4.11. The molecule has 3 N–H and O–H groups in total. The standard InChI is InChI=1S/C18H26N2O5.C10H20N2O3.C8H7ClO2/c1-18(2,3)25-17(22)20-9-10-23-15(12-20)11-19-16(21)24-13-14-7-5-4-6-8-14;1-10(2,3)15-9(13)12-4-5-14-8(6-11)7-12;9-8(10)11-6-7-4-2-1-3-5-7/h4-8,15H,9-13H2,1-3H3,(H,19,21);8H,4-7,11H2,1-3H3;1-5H,6H2. The second kappa shape index (κ2) is 22.0. The number of ether oxygens (including phenoxy) is 6. The van der Waals surface area contributed by atoms with Crippen LogP contribution in [0.25, 0.3) is 0 Å². The third-order valence-electron chi connectivity index (χ3n) is 6.73. The number of hydrogen-bond donors (Lipinski definition) is 2. The van der Waals surface area contributed by atoms with Gasteiger partial charge in [0, 0.05) is 37.8 Å². The predicted molar refractivity (Wildman–Crippen MR) is 191 cm³/mol. The van der Waals surface area contributed by atoms with E-state index in [9.17, 15) is 19.2 Å². The zero-order valence-corrected chi connectivity index (χ0v) is 31.2. The van der Waals surface area contributed by atoms with Gasteiger partial charge in [-0.1, -0.05) is 60.7 Å². The maximum absolute atomic E-state index is 12.1. The van der Waals surface area contributed by atoms with Crippen LogP contribution in [0.4, 0.5) is 19.2 Å². The fourth-order valence-corrected chi connectivity index (χ4v) is 4.43. The molecular formula is C36H53ClN4O10. The molecule has 2 aromatic carbocycles. The van der Waals surface area contributed by atoms with E-state index in [1.807, 2.05) is 102 Å². The van der Waals surface area contributed by atoms with Crippen LogP contribution in [0.5, 0.6) is 0 Å².